The van der Waals surface area contributed by atoms with Gasteiger partial charge in [-0.15, -0.1) is 0 Å². The Kier molecular flexibility index (Phi) is 2.04. The van der Waals surface area contributed by atoms with Crippen molar-refractivity contribution in [2.75, 3.05) is 6.54 Å². The summed E-state index contributed by atoms with van der Waals surface area (Å²) >= 11 is 0. The van der Waals surface area contributed by atoms with Crippen molar-refractivity contribution in [2.45, 2.75) is 20.3 Å². The van der Waals surface area contributed by atoms with Crippen molar-refractivity contribution in [2.24, 2.45) is 10.9 Å². The zero-order chi connectivity index (χ0) is 6.69. The van der Waals surface area contributed by atoms with E-state index in [4.69, 9.17) is 0 Å². The lowest BCUT2D eigenvalue weighted by Crippen LogP contribution is -2.00. The number of aliphatic imine (C=N–C) groups is 1. The van der Waals surface area contributed by atoms with Crippen LogP contribution in [0.1, 0.15) is 20.3 Å². The number of dihydropyridines is 1. The van der Waals surface area contributed by atoms with Crippen LogP contribution < -0.4 is 0 Å². The Morgan fingerprint density at radius 1 is 1.56 bits per heavy atom. The Hall–Kier alpha value is -0.590. The smallest absolute Gasteiger partial charge is 0.0569 e. The lowest BCUT2D eigenvalue weighted by Gasteiger charge is -2.10. The summed E-state index contributed by atoms with van der Waals surface area (Å²) < 4.78 is 0. The fourth-order valence-corrected chi connectivity index (χ4v) is 0.969. The maximum Gasteiger partial charge on any atom is 0.0569 e. The molecule has 0 N–H and O–H groups in total. The van der Waals surface area contributed by atoms with Crippen LogP contribution in [0.5, 0.6) is 0 Å². The van der Waals surface area contributed by atoms with Gasteiger partial charge in [0, 0.05) is 12.6 Å². The Labute approximate surface area is 56.5 Å². The number of hydrogen-bond donors (Lipinski definition) is 0. The van der Waals surface area contributed by atoms with Crippen molar-refractivity contribution in [1.82, 2.24) is 0 Å². The molecule has 50 valence electrons. The van der Waals surface area contributed by atoms with Gasteiger partial charge in [-0.25, -0.2) is 0 Å². The molecule has 0 unspecified atom stereocenters. The van der Waals surface area contributed by atoms with Gasteiger partial charge < -0.3 is 0 Å². The summed E-state index contributed by atoms with van der Waals surface area (Å²) in [7, 11) is 0. The van der Waals surface area contributed by atoms with Crippen LogP contribution in [0.3, 0.4) is 0 Å². The molecule has 0 radical (unpaired) electrons. The zero-order valence-electron chi connectivity index (χ0n) is 6.09. The molecule has 1 aliphatic heterocycles. The highest BCUT2D eigenvalue weighted by Crippen LogP contribution is 2.14. The van der Waals surface area contributed by atoms with E-state index in [1.165, 1.54) is 5.57 Å². The van der Waals surface area contributed by atoms with Gasteiger partial charge in [0.1, 0.15) is 0 Å². The van der Waals surface area contributed by atoms with Gasteiger partial charge >= 0.3 is 0 Å². The van der Waals surface area contributed by atoms with E-state index in [9.17, 15) is 0 Å². The van der Waals surface area contributed by atoms with Gasteiger partial charge in [0.2, 0.25) is 0 Å². The fraction of sp³-hybridized carbons (Fsp3) is 0.625. The van der Waals surface area contributed by atoms with E-state index in [0.29, 0.717) is 5.92 Å². The highest BCUT2D eigenvalue weighted by molar-refractivity contribution is 5.62. The molecular weight excluding hydrogens is 110 g/mol. The van der Waals surface area contributed by atoms with Crippen LogP contribution in [-0.2, 0) is 0 Å². The molecule has 0 fully saturated rings. The second-order valence-corrected chi connectivity index (χ2v) is 2.69. The van der Waals surface area contributed by atoms with Gasteiger partial charge in [-0.2, -0.15) is 0 Å². The molecular formula is C8H13N. The van der Waals surface area contributed by atoms with Gasteiger partial charge in [0.25, 0.3) is 0 Å². The molecule has 1 rings (SSSR count). The second kappa shape index (κ2) is 2.81. The average molecular weight is 123 g/mol. The average Bonchev–Trinajstić information content (AvgIpc) is 1.90. The molecule has 0 spiro atoms. The van der Waals surface area contributed by atoms with Crippen LogP contribution >= 0.6 is 0 Å². The van der Waals surface area contributed by atoms with Crippen LogP contribution in [0.2, 0.25) is 0 Å². The predicted molar refractivity (Wildman–Crippen MR) is 40.9 cm³/mol. The lowest BCUT2D eigenvalue weighted by atomic mass is 9.99. The molecule has 0 saturated heterocycles. The van der Waals surface area contributed by atoms with E-state index in [1.54, 1.807) is 0 Å². The number of rotatable bonds is 1. The van der Waals surface area contributed by atoms with Gasteiger partial charge in [0.15, 0.2) is 0 Å². The Morgan fingerprint density at radius 3 is 2.67 bits per heavy atom. The summed E-state index contributed by atoms with van der Waals surface area (Å²) in [5.41, 5.74) is 1.53. The van der Waals surface area contributed by atoms with Crippen molar-refractivity contribution in [3.05, 3.63) is 11.6 Å². The van der Waals surface area contributed by atoms with Gasteiger partial charge in [0.05, 0.1) is 6.54 Å². The molecule has 1 heterocycles. The first-order chi connectivity index (χ1) is 4.30. The second-order valence-electron chi connectivity index (χ2n) is 2.69. The topological polar surface area (TPSA) is 12.4 Å². The predicted octanol–water partition coefficient (Wildman–Crippen LogP) is 2.04. The lowest BCUT2D eigenvalue weighted by molar-refractivity contribution is 0.746. The number of allylic oxidation sites excluding steroid dienone is 1. The minimum atomic E-state index is 0.705. The molecule has 1 nitrogen and oxygen atoms in total. The highest BCUT2D eigenvalue weighted by atomic mass is 14.7. The van der Waals surface area contributed by atoms with E-state index in [1.807, 2.05) is 6.21 Å². The van der Waals surface area contributed by atoms with E-state index in [2.05, 4.69) is 24.9 Å². The largest absolute Gasteiger partial charge is 0.293 e. The Bertz CT molecular complexity index is 143. The van der Waals surface area contributed by atoms with Crippen LogP contribution in [0.15, 0.2) is 16.6 Å². The molecule has 0 amide bonds. The standard InChI is InChI=1S/C8H13N/c1-7(2)8-3-5-9-6-4-8/h3,6-7H,4-5H2,1-2H3. The van der Waals surface area contributed by atoms with E-state index >= 15 is 0 Å². The highest BCUT2D eigenvalue weighted by Gasteiger charge is 2.02. The van der Waals surface area contributed by atoms with Crippen LogP contribution in [0.25, 0.3) is 0 Å². The quantitative estimate of drug-likeness (QED) is 0.473. The molecule has 9 heavy (non-hydrogen) atoms. The summed E-state index contributed by atoms with van der Waals surface area (Å²) in [5.74, 6) is 0.705. The maximum atomic E-state index is 4.11. The van der Waals surface area contributed by atoms with Crippen molar-refractivity contribution in [3.8, 4) is 0 Å². The maximum absolute atomic E-state index is 4.11. The SMILES string of the molecule is CC(C)C1=CCN=CC1. The molecule has 1 heteroatoms. The third-order valence-corrected chi connectivity index (χ3v) is 1.66. The molecule has 1 aliphatic rings. The minimum Gasteiger partial charge on any atom is -0.293 e. The van der Waals surface area contributed by atoms with E-state index in [-0.39, 0.29) is 0 Å². The molecule has 0 aromatic heterocycles. The molecule has 0 saturated carbocycles. The number of hydrogen-bond acceptors (Lipinski definition) is 1. The van der Waals surface area contributed by atoms with Crippen LogP contribution in [0.4, 0.5) is 0 Å². The van der Waals surface area contributed by atoms with Crippen molar-refractivity contribution >= 4 is 6.21 Å². The first-order valence-electron chi connectivity index (χ1n) is 3.48. The van der Waals surface area contributed by atoms with Gasteiger partial charge in [-0.3, -0.25) is 4.99 Å². The fourth-order valence-electron chi connectivity index (χ4n) is 0.969. The Morgan fingerprint density at radius 2 is 2.33 bits per heavy atom. The van der Waals surface area contributed by atoms with Crippen LogP contribution in [-0.4, -0.2) is 12.8 Å². The monoisotopic (exact) mass is 123 g/mol. The normalized spacial score (nSPS) is 18.3. The first kappa shape index (κ1) is 6.53. The summed E-state index contributed by atoms with van der Waals surface area (Å²) in [6, 6.07) is 0. The van der Waals surface area contributed by atoms with Crippen molar-refractivity contribution in [1.29, 1.82) is 0 Å². The van der Waals surface area contributed by atoms with Crippen molar-refractivity contribution in [3.63, 3.8) is 0 Å². The number of nitrogens with zero attached hydrogens (tertiary/aromatic N) is 1. The van der Waals surface area contributed by atoms with Gasteiger partial charge in [-0.05, 0) is 5.92 Å². The third-order valence-electron chi connectivity index (χ3n) is 1.66. The molecule has 0 bridgehead atoms. The summed E-state index contributed by atoms with van der Waals surface area (Å²) in [4.78, 5) is 4.11. The molecule has 0 aromatic rings. The summed E-state index contributed by atoms with van der Waals surface area (Å²) in [6.07, 6.45) is 5.30. The van der Waals surface area contributed by atoms with E-state index in [0.717, 1.165) is 13.0 Å². The van der Waals surface area contributed by atoms with Crippen molar-refractivity contribution < 1.29 is 0 Å². The zero-order valence-corrected chi connectivity index (χ0v) is 6.09. The van der Waals surface area contributed by atoms with Gasteiger partial charge in [-0.1, -0.05) is 25.5 Å². The molecule has 0 atom stereocenters. The summed E-state index contributed by atoms with van der Waals surface area (Å²) in [6.45, 7) is 5.35. The Balaban J connectivity index is 2.50. The summed E-state index contributed by atoms with van der Waals surface area (Å²) in [5, 5.41) is 0. The third kappa shape index (κ3) is 1.67. The molecule has 0 aromatic carbocycles. The van der Waals surface area contributed by atoms with E-state index < -0.39 is 0 Å². The molecule has 0 aliphatic carbocycles. The first-order valence-corrected chi connectivity index (χ1v) is 3.48. The minimum absolute atomic E-state index is 0.705. The van der Waals surface area contributed by atoms with Crippen LogP contribution in [0, 0.1) is 5.92 Å².